The highest BCUT2D eigenvalue weighted by Gasteiger charge is 2.24. The van der Waals surface area contributed by atoms with Gasteiger partial charge in [0.15, 0.2) is 0 Å². The van der Waals surface area contributed by atoms with Gasteiger partial charge in [0.05, 0.1) is 0 Å². The smallest absolute Gasteiger partial charge is 0.0260 e. The molecule has 1 saturated carbocycles. The summed E-state index contributed by atoms with van der Waals surface area (Å²) in [5, 5.41) is 3.46. The molecule has 0 saturated heterocycles. The van der Waals surface area contributed by atoms with Crippen LogP contribution in [0.1, 0.15) is 19.3 Å². The fraction of sp³-hybridized carbons (Fsp3) is 1.00. The molecule has 0 aromatic heterocycles. The first-order valence-corrected chi connectivity index (χ1v) is 3.59. The molecule has 0 spiro atoms. The van der Waals surface area contributed by atoms with E-state index in [-0.39, 0.29) is 0 Å². The minimum Gasteiger partial charge on any atom is -0.328 e. The van der Waals surface area contributed by atoms with Crippen LogP contribution in [0.3, 0.4) is 0 Å². The Morgan fingerprint density at radius 1 is 1.60 bits per heavy atom. The molecule has 4 heteroatoms. The van der Waals surface area contributed by atoms with Crippen LogP contribution in [0.5, 0.6) is 0 Å². The first-order chi connectivity index (χ1) is 4.83. The molecular formula is C6H12N4. The van der Waals surface area contributed by atoms with E-state index in [4.69, 9.17) is 11.3 Å². The van der Waals surface area contributed by atoms with Gasteiger partial charge in [0, 0.05) is 17.5 Å². The van der Waals surface area contributed by atoms with Gasteiger partial charge in [0.25, 0.3) is 0 Å². The van der Waals surface area contributed by atoms with Crippen molar-refractivity contribution < 1.29 is 0 Å². The maximum absolute atomic E-state index is 7.96. The van der Waals surface area contributed by atoms with Gasteiger partial charge in [-0.3, -0.25) is 0 Å². The molecule has 2 N–H and O–H groups in total. The Balaban J connectivity index is 2.00. The van der Waals surface area contributed by atoms with E-state index in [9.17, 15) is 0 Å². The summed E-state index contributed by atoms with van der Waals surface area (Å²) in [6.45, 7) is 0.633. The predicted octanol–water partition coefficient (Wildman–Crippen LogP) is 1.42. The first-order valence-electron chi connectivity index (χ1n) is 3.59. The zero-order valence-electron chi connectivity index (χ0n) is 5.90. The minimum atomic E-state index is 0.413. The summed E-state index contributed by atoms with van der Waals surface area (Å²) < 4.78 is 0. The van der Waals surface area contributed by atoms with Crippen LogP contribution >= 0.6 is 0 Å². The third kappa shape index (κ3) is 1.90. The van der Waals surface area contributed by atoms with E-state index in [2.05, 4.69) is 10.0 Å². The van der Waals surface area contributed by atoms with Crippen LogP contribution in [0.15, 0.2) is 5.11 Å². The van der Waals surface area contributed by atoms with Gasteiger partial charge >= 0.3 is 0 Å². The van der Waals surface area contributed by atoms with Crippen LogP contribution in [-0.4, -0.2) is 12.6 Å². The average molecular weight is 140 g/mol. The Morgan fingerprint density at radius 3 is 2.80 bits per heavy atom. The van der Waals surface area contributed by atoms with Crippen molar-refractivity contribution in [3.8, 4) is 0 Å². The SMILES string of the molecule is [N-]=[N+]=NCCC1CC(N)C1. The lowest BCUT2D eigenvalue weighted by Gasteiger charge is -2.31. The van der Waals surface area contributed by atoms with Gasteiger partial charge in [-0.25, -0.2) is 0 Å². The molecule has 1 aliphatic carbocycles. The molecule has 0 unspecified atom stereocenters. The third-order valence-corrected chi connectivity index (χ3v) is 1.97. The molecule has 4 nitrogen and oxygen atoms in total. The summed E-state index contributed by atoms with van der Waals surface area (Å²) in [4.78, 5) is 2.68. The number of hydrogen-bond acceptors (Lipinski definition) is 2. The molecule has 10 heavy (non-hydrogen) atoms. The fourth-order valence-electron chi connectivity index (χ4n) is 1.31. The van der Waals surface area contributed by atoms with Crippen LogP contribution < -0.4 is 5.73 Å². The average Bonchev–Trinajstić information content (AvgIpc) is 1.85. The lowest BCUT2D eigenvalue weighted by Crippen LogP contribution is -2.36. The van der Waals surface area contributed by atoms with Gasteiger partial charge in [-0.2, -0.15) is 0 Å². The van der Waals surface area contributed by atoms with Gasteiger partial charge in [-0.1, -0.05) is 5.11 Å². The highest BCUT2D eigenvalue weighted by atomic mass is 15.1. The van der Waals surface area contributed by atoms with E-state index < -0.39 is 0 Å². The Labute approximate surface area is 60.0 Å². The maximum Gasteiger partial charge on any atom is 0.0260 e. The molecular weight excluding hydrogens is 128 g/mol. The van der Waals surface area contributed by atoms with Crippen molar-refractivity contribution in [1.82, 2.24) is 0 Å². The van der Waals surface area contributed by atoms with E-state index >= 15 is 0 Å². The summed E-state index contributed by atoms with van der Waals surface area (Å²) in [6.07, 6.45) is 3.24. The van der Waals surface area contributed by atoms with Crippen LogP contribution in [0.4, 0.5) is 0 Å². The monoisotopic (exact) mass is 140 g/mol. The van der Waals surface area contributed by atoms with E-state index in [1.54, 1.807) is 0 Å². The zero-order chi connectivity index (χ0) is 7.40. The zero-order valence-corrected chi connectivity index (χ0v) is 5.90. The largest absolute Gasteiger partial charge is 0.328 e. The van der Waals surface area contributed by atoms with Crippen LogP contribution in [0.25, 0.3) is 10.4 Å². The minimum absolute atomic E-state index is 0.413. The number of hydrogen-bond donors (Lipinski definition) is 1. The van der Waals surface area contributed by atoms with E-state index in [1.165, 1.54) is 0 Å². The molecule has 0 bridgehead atoms. The normalized spacial score (nSPS) is 30.5. The summed E-state index contributed by atoms with van der Waals surface area (Å²) in [5.41, 5.74) is 13.5. The molecule has 56 valence electrons. The van der Waals surface area contributed by atoms with Crippen molar-refractivity contribution in [1.29, 1.82) is 0 Å². The molecule has 1 fully saturated rings. The molecule has 0 aromatic rings. The van der Waals surface area contributed by atoms with E-state index in [1.807, 2.05) is 0 Å². The molecule has 0 atom stereocenters. The standard InChI is InChI=1S/C6H12N4/c7-6-3-5(4-6)1-2-9-10-8/h5-6H,1-4,7H2. The Kier molecular flexibility index (Phi) is 2.54. The van der Waals surface area contributed by atoms with Gasteiger partial charge < -0.3 is 5.73 Å². The van der Waals surface area contributed by atoms with Gasteiger partial charge in [0.1, 0.15) is 0 Å². The summed E-state index contributed by atoms with van der Waals surface area (Å²) in [7, 11) is 0. The second kappa shape index (κ2) is 3.44. The van der Waals surface area contributed by atoms with Crippen molar-refractivity contribution in [2.75, 3.05) is 6.54 Å². The number of nitrogens with zero attached hydrogens (tertiary/aromatic N) is 3. The van der Waals surface area contributed by atoms with Crippen LogP contribution in [0.2, 0.25) is 0 Å². The number of azide groups is 1. The van der Waals surface area contributed by atoms with Crippen molar-refractivity contribution >= 4 is 0 Å². The molecule has 0 heterocycles. The predicted molar refractivity (Wildman–Crippen MR) is 39.3 cm³/mol. The number of rotatable bonds is 3. The summed E-state index contributed by atoms with van der Waals surface area (Å²) in [6, 6.07) is 0.413. The van der Waals surface area contributed by atoms with Crippen LogP contribution in [0, 0.1) is 5.92 Å². The van der Waals surface area contributed by atoms with Crippen molar-refractivity contribution in [3.63, 3.8) is 0 Å². The molecule has 0 radical (unpaired) electrons. The second-order valence-corrected chi connectivity index (χ2v) is 2.84. The Bertz CT molecular complexity index is 144. The maximum atomic E-state index is 7.96. The number of nitrogens with two attached hydrogens (primary N) is 1. The summed E-state index contributed by atoms with van der Waals surface area (Å²) >= 11 is 0. The van der Waals surface area contributed by atoms with E-state index in [0.29, 0.717) is 12.6 Å². The van der Waals surface area contributed by atoms with Gasteiger partial charge in [-0.15, -0.1) is 0 Å². The Morgan fingerprint density at radius 2 is 2.30 bits per heavy atom. The molecule has 0 amide bonds. The quantitative estimate of drug-likeness (QED) is 0.359. The second-order valence-electron chi connectivity index (χ2n) is 2.84. The molecule has 0 aromatic carbocycles. The first kappa shape index (κ1) is 7.38. The highest BCUT2D eigenvalue weighted by molar-refractivity contribution is 4.82. The van der Waals surface area contributed by atoms with Crippen molar-refractivity contribution in [2.45, 2.75) is 25.3 Å². The topological polar surface area (TPSA) is 74.8 Å². The molecule has 1 rings (SSSR count). The lowest BCUT2D eigenvalue weighted by molar-refractivity contribution is 0.253. The third-order valence-electron chi connectivity index (χ3n) is 1.97. The van der Waals surface area contributed by atoms with Crippen molar-refractivity contribution in [2.24, 2.45) is 16.8 Å². The Hall–Kier alpha value is -0.730. The van der Waals surface area contributed by atoms with E-state index in [0.717, 1.165) is 25.2 Å². The highest BCUT2D eigenvalue weighted by Crippen LogP contribution is 2.28. The van der Waals surface area contributed by atoms with Gasteiger partial charge in [-0.05, 0) is 30.7 Å². The summed E-state index contributed by atoms with van der Waals surface area (Å²) in [5.74, 6) is 0.723. The van der Waals surface area contributed by atoms with Crippen LogP contribution in [-0.2, 0) is 0 Å². The molecule has 1 aliphatic rings. The van der Waals surface area contributed by atoms with Gasteiger partial charge in [0.2, 0.25) is 0 Å². The lowest BCUT2D eigenvalue weighted by atomic mass is 9.79. The molecule has 0 aliphatic heterocycles. The van der Waals surface area contributed by atoms with Crippen molar-refractivity contribution in [3.05, 3.63) is 10.4 Å². The fourth-order valence-corrected chi connectivity index (χ4v) is 1.31.